The Morgan fingerprint density at radius 3 is 2.68 bits per heavy atom. The molecule has 6 heteroatoms. The van der Waals surface area contributed by atoms with E-state index in [0.29, 0.717) is 32.2 Å². The highest BCUT2D eigenvalue weighted by molar-refractivity contribution is 5.77. The average Bonchev–Trinajstić information content (AvgIpc) is 2.94. The minimum absolute atomic E-state index is 0.00102. The fourth-order valence-electron chi connectivity index (χ4n) is 4.06. The summed E-state index contributed by atoms with van der Waals surface area (Å²) in [5, 5.41) is 4.37. The molecule has 2 N–H and O–H groups in total. The number of fused-ring (bicyclic) bond motifs is 1. The highest BCUT2D eigenvalue weighted by Crippen LogP contribution is 2.46. The first-order valence-corrected chi connectivity index (χ1v) is 8.00. The summed E-state index contributed by atoms with van der Waals surface area (Å²) in [6.07, 6.45) is 3.02. The van der Waals surface area contributed by atoms with Crippen LogP contribution in [0.15, 0.2) is 0 Å². The zero-order valence-corrected chi connectivity index (χ0v) is 13.7. The van der Waals surface area contributed by atoms with E-state index < -0.39 is 11.2 Å². The maximum Gasteiger partial charge on any atom is 0.223 e. The van der Waals surface area contributed by atoms with E-state index in [1.165, 1.54) is 0 Å². The zero-order valence-electron chi connectivity index (χ0n) is 13.7. The van der Waals surface area contributed by atoms with Crippen LogP contribution in [0.4, 0.5) is 4.39 Å². The first-order chi connectivity index (χ1) is 10.3. The van der Waals surface area contributed by atoms with Crippen molar-refractivity contribution in [2.24, 2.45) is 12.8 Å². The largest absolute Gasteiger partial charge is 0.337 e. The molecule has 1 saturated carbocycles. The predicted molar refractivity (Wildman–Crippen MR) is 82.2 cm³/mol. The number of likely N-dealkylation sites (tertiary alicyclic amines) is 1. The van der Waals surface area contributed by atoms with E-state index in [0.717, 1.165) is 23.4 Å². The van der Waals surface area contributed by atoms with E-state index in [1.807, 2.05) is 25.6 Å². The highest BCUT2D eigenvalue weighted by atomic mass is 19.1. The first kappa shape index (κ1) is 15.5. The molecule has 22 heavy (non-hydrogen) atoms. The normalized spacial score (nSPS) is 30.9. The maximum atomic E-state index is 14.9. The maximum absolute atomic E-state index is 14.9. The molecule has 0 aromatic carbocycles. The Morgan fingerprint density at radius 1 is 1.36 bits per heavy atom. The van der Waals surface area contributed by atoms with Crippen LogP contribution in [-0.4, -0.2) is 44.9 Å². The van der Waals surface area contributed by atoms with Crippen LogP contribution in [0.3, 0.4) is 0 Å². The van der Waals surface area contributed by atoms with E-state index in [1.54, 1.807) is 4.90 Å². The molecule has 1 aromatic heterocycles. The number of aryl methyl sites for hydroxylation is 2. The molecule has 0 spiro atoms. The van der Waals surface area contributed by atoms with Crippen molar-refractivity contribution in [1.29, 1.82) is 0 Å². The lowest BCUT2D eigenvalue weighted by Crippen LogP contribution is -2.53. The Bertz CT molecular complexity index is 596. The molecule has 122 valence electrons. The number of aromatic nitrogens is 2. The van der Waals surface area contributed by atoms with Gasteiger partial charge in [-0.1, -0.05) is 0 Å². The molecule has 3 rings (SSSR count). The Balaban J connectivity index is 1.64. The summed E-state index contributed by atoms with van der Waals surface area (Å²) in [4.78, 5) is 14.1. The molecule has 1 aliphatic carbocycles. The van der Waals surface area contributed by atoms with E-state index in [9.17, 15) is 9.18 Å². The molecular weight excluding hydrogens is 283 g/mol. The predicted octanol–water partition coefficient (Wildman–Crippen LogP) is 1.40. The average molecular weight is 308 g/mol. The number of carbonyl (C=O) groups excluding carboxylic acids is 1. The monoisotopic (exact) mass is 308 g/mol. The second-order valence-corrected chi connectivity index (χ2v) is 7.00. The van der Waals surface area contributed by atoms with Crippen LogP contribution in [0.1, 0.15) is 42.6 Å². The first-order valence-electron chi connectivity index (χ1n) is 8.00. The molecule has 1 saturated heterocycles. The Kier molecular flexibility index (Phi) is 3.55. The molecule has 2 atom stereocenters. The van der Waals surface area contributed by atoms with Gasteiger partial charge in [0.1, 0.15) is 5.67 Å². The lowest BCUT2D eigenvalue weighted by molar-refractivity contribution is -0.130. The van der Waals surface area contributed by atoms with Gasteiger partial charge in [0, 0.05) is 25.7 Å². The molecule has 2 heterocycles. The lowest BCUT2D eigenvalue weighted by Gasteiger charge is -2.27. The van der Waals surface area contributed by atoms with Gasteiger partial charge in [-0.15, -0.1) is 0 Å². The third kappa shape index (κ3) is 2.24. The summed E-state index contributed by atoms with van der Waals surface area (Å²) in [6, 6.07) is 0. The fourth-order valence-corrected chi connectivity index (χ4v) is 4.06. The van der Waals surface area contributed by atoms with Gasteiger partial charge < -0.3 is 10.6 Å². The summed E-state index contributed by atoms with van der Waals surface area (Å²) in [7, 11) is 1.90. The number of nitrogens with zero attached hydrogens (tertiary/aromatic N) is 3. The minimum atomic E-state index is -1.39. The quantitative estimate of drug-likeness (QED) is 0.918. The van der Waals surface area contributed by atoms with Crippen LogP contribution >= 0.6 is 0 Å². The number of alkyl halides is 1. The molecule has 2 aliphatic rings. The number of hydrogen-bond donors (Lipinski definition) is 1. The lowest BCUT2D eigenvalue weighted by atomic mass is 9.89. The summed E-state index contributed by atoms with van der Waals surface area (Å²) in [5.74, 6) is -0.00102. The molecule has 1 aromatic rings. The van der Waals surface area contributed by atoms with Crippen molar-refractivity contribution < 1.29 is 9.18 Å². The molecule has 0 radical (unpaired) electrons. The molecule has 1 amide bonds. The van der Waals surface area contributed by atoms with Crippen LogP contribution in [0.2, 0.25) is 0 Å². The van der Waals surface area contributed by atoms with Gasteiger partial charge in [-0.25, -0.2) is 4.39 Å². The van der Waals surface area contributed by atoms with Gasteiger partial charge in [-0.05, 0) is 45.1 Å². The van der Waals surface area contributed by atoms with Gasteiger partial charge in [0.2, 0.25) is 5.91 Å². The van der Waals surface area contributed by atoms with Crippen molar-refractivity contribution in [3.8, 4) is 0 Å². The molecule has 2 fully saturated rings. The zero-order chi connectivity index (χ0) is 16.1. The summed E-state index contributed by atoms with van der Waals surface area (Å²) in [5.41, 5.74) is 7.15. The summed E-state index contributed by atoms with van der Waals surface area (Å²) >= 11 is 0. The van der Waals surface area contributed by atoms with Crippen molar-refractivity contribution >= 4 is 5.91 Å². The molecular formula is C16H25FN4O. The van der Waals surface area contributed by atoms with Crippen molar-refractivity contribution in [1.82, 2.24) is 14.7 Å². The Hall–Kier alpha value is -1.43. The second-order valence-electron chi connectivity index (χ2n) is 7.00. The summed E-state index contributed by atoms with van der Waals surface area (Å²) in [6.45, 7) is 4.48. The molecule has 0 unspecified atom stereocenters. The molecule has 1 aliphatic heterocycles. The molecule has 0 bridgehead atoms. The van der Waals surface area contributed by atoms with E-state index in [-0.39, 0.29) is 12.5 Å². The van der Waals surface area contributed by atoms with Gasteiger partial charge in [-0.3, -0.25) is 9.48 Å². The second kappa shape index (κ2) is 5.05. The number of amides is 1. The van der Waals surface area contributed by atoms with Crippen molar-refractivity contribution in [2.45, 2.75) is 57.2 Å². The highest BCUT2D eigenvalue weighted by Gasteiger charge is 2.60. The van der Waals surface area contributed by atoms with Crippen LogP contribution in [0, 0.1) is 13.8 Å². The number of nitrogens with two attached hydrogens (primary N) is 1. The standard InChI is InChI=1S/C16H25FN4O/c1-11-13(12(2)20(3)19-11)5-6-14(22)21-9-15(17)7-4-8-16(15,18)10-21/h4-10,18H2,1-3H3/t15-,16+/m1/s1. The van der Waals surface area contributed by atoms with Gasteiger partial charge >= 0.3 is 0 Å². The smallest absolute Gasteiger partial charge is 0.223 e. The number of hydrogen-bond acceptors (Lipinski definition) is 3. The van der Waals surface area contributed by atoms with Crippen LogP contribution in [0.5, 0.6) is 0 Å². The Labute approximate surface area is 130 Å². The van der Waals surface area contributed by atoms with Crippen molar-refractivity contribution in [2.75, 3.05) is 13.1 Å². The van der Waals surface area contributed by atoms with Gasteiger partial charge in [0.25, 0.3) is 0 Å². The van der Waals surface area contributed by atoms with Crippen LogP contribution in [0.25, 0.3) is 0 Å². The topological polar surface area (TPSA) is 64.2 Å². The van der Waals surface area contributed by atoms with Crippen molar-refractivity contribution in [3.05, 3.63) is 17.0 Å². The summed E-state index contributed by atoms with van der Waals surface area (Å²) < 4.78 is 16.7. The van der Waals surface area contributed by atoms with Crippen LogP contribution < -0.4 is 5.73 Å². The SMILES string of the molecule is Cc1nn(C)c(C)c1CCC(=O)N1C[C@@]2(N)CCC[C@@]2(F)C1. The number of carbonyl (C=O) groups is 1. The number of halogens is 1. The minimum Gasteiger partial charge on any atom is -0.337 e. The van der Waals surface area contributed by atoms with E-state index in [2.05, 4.69) is 5.10 Å². The fraction of sp³-hybridized carbons (Fsp3) is 0.750. The molecule has 5 nitrogen and oxygen atoms in total. The third-order valence-corrected chi connectivity index (χ3v) is 5.60. The Morgan fingerprint density at radius 2 is 2.09 bits per heavy atom. The van der Waals surface area contributed by atoms with Gasteiger partial charge in [0.15, 0.2) is 0 Å². The van der Waals surface area contributed by atoms with E-state index in [4.69, 9.17) is 5.73 Å². The van der Waals surface area contributed by atoms with Gasteiger partial charge in [-0.2, -0.15) is 5.10 Å². The third-order valence-electron chi connectivity index (χ3n) is 5.60. The number of rotatable bonds is 3. The van der Waals surface area contributed by atoms with Crippen LogP contribution in [-0.2, 0) is 18.3 Å². The van der Waals surface area contributed by atoms with E-state index >= 15 is 0 Å². The van der Waals surface area contributed by atoms with Gasteiger partial charge in [0.05, 0.1) is 17.8 Å². The van der Waals surface area contributed by atoms with Crippen molar-refractivity contribution in [3.63, 3.8) is 0 Å².